The van der Waals surface area contributed by atoms with Crippen molar-refractivity contribution in [2.45, 2.75) is 77.0 Å². The fourth-order valence-corrected chi connectivity index (χ4v) is 7.14. The molecule has 0 aromatic heterocycles. The van der Waals surface area contributed by atoms with Crippen molar-refractivity contribution in [2.75, 3.05) is 6.61 Å². The fourth-order valence-electron chi connectivity index (χ4n) is 7.14. The molecule has 3 aromatic carbocycles. The zero-order valence-electron chi connectivity index (χ0n) is 25.2. The van der Waals surface area contributed by atoms with Gasteiger partial charge < -0.3 is 19.5 Å². The summed E-state index contributed by atoms with van der Waals surface area (Å²) < 4.78 is 17.2. The summed E-state index contributed by atoms with van der Waals surface area (Å²) in [5, 5.41) is 3.02. The molecule has 7 heteroatoms. The van der Waals surface area contributed by atoms with Crippen LogP contribution in [-0.2, 0) is 30.2 Å². The van der Waals surface area contributed by atoms with E-state index in [1.165, 1.54) is 22.3 Å². The summed E-state index contributed by atoms with van der Waals surface area (Å²) in [6.45, 7) is 7.60. The predicted molar refractivity (Wildman–Crippen MR) is 162 cm³/mol. The Hall–Kier alpha value is -4.13. The molecule has 224 valence electrons. The second-order valence-corrected chi connectivity index (χ2v) is 13.5. The normalized spacial score (nSPS) is 23.0. The first-order chi connectivity index (χ1) is 20.5. The average molecular weight is 582 g/mol. The van der Waals surface area contributed by atoms with Gasteiger partial charge in [0.25, 0.3) is 0 Å². The molecular formula is C36H39NO6. The average Bonchev–Trinajstić information content (AvgIpc) is 3.23. The number of benzene rings is 3. The molecule has 0 radical (unpaired) electrons. The minimum absolute atomic E-state index is 0.00440. The van der Waals surface area contributed by atoms with Gasteiger partial charge in [0.2, 0.25) is 6.10 Å². The van der Waals surface area contributed by atoms with Crippen LogP contribution in [0.25, 0.3) is 11.1 Å². The highest BCUT2D eigenvalue weighted by Crippen LogP contribution is 2.75. The summed E-state index contributed by atoms with van der Waals surface area (Å²) >= 11 is 0. The van der Waals surface area contributed by atoms with Gasteiger partial charge in [-0.05, 0) is 80.2 Å². The van der Waals surface area contributed by atoms with Crippen molar-refractivity contribution in [1.29, 1.82) is 0 Å². The third kappa shape index (κ3) is 5.53. The number of ether oxygens (including phenoxy) is 3. The molecule has 3 fully saturated rings. The molecule has 7 nitrogen and oxygen atoms in total. The lowest BCUT2D eigenvalue weighted by atomic mass is 9.33. The van der Waals surface area contributed by atoms with Gasteiger partial charge in [-0.2, -0.15) is 0 Å². The van der Waals surface area contributed by atoms with Crippen molar-refractivity contribution < 1.29 is 28.6 Å². The van der Waals surface area contributed by atoms with E-state index >= 15 is 0 Å². The maximum Gasteiger partial charge on any atom is 0.407 e. The van der Waals surface area contributed by atoms with Crippen LogP contribution in [0.1, 0.15) is 69.6 Å². The Bertz CT molecular complexity index is 1480. The Labute approximate surface area is 252 Å². The van der Waals surface area contributed by atoms with Crippen LogP contribution in [0, 0.1) is 10.8 Å². The van der Waals surface area contributed by atoms with Gasteiger partial charge in [-0.3, -0.25) is 4.79 Å². The van der Waals surface area contributed by atoms with E-state index in [2.05, 4.69) is 29.6 Å². The minimum Gasteiger partial charge on any atom is -0.457 e. The molecule has 0 spiro atoms. The molecule has 2 bridgehead atoms. The van der Waals surface area contributed by atoms with E-state index in [9.17, 15) is 14.4 Å². The smallest absolute Gasteiger partial charge is 0.407 e. The molecule has 0 aliphatic heterocycles. The van der Waals surface area contributed by atoms with E-state index in [1.54, 1.807) is 20.8 Å². The Balaban J connectivity index is 1.03. The SMILES string of the molecule is C[C@@H](NC(=O)OCC1c2ccccc2-c2ccccc21)C12CC(C(=O)O[C@@H](Cc3ccccc3)C(=O)OC(C)(C)C)(C1)C2. The van der Waals surface area contributed by atoms with Crippen LogP contribution < -0.4 is 5.32 Å². The number of carbonyl (C=O) groups is 3. The Morgan fingerprint density at radius 1 is 0.860 bits per heavy atom. The lowest BCUT2D eigenvalue weighted by molar-refractivity contribution is -0.240. The molecule has 7 rings (SSSR count). The summed E-state index contributed by atoms with van der Waals surface area (Å²) in [5.74, 6) is -0.916. The van der Waals surface area contributed by atoms with E-state index in [4.69, 9.17) is 14.2 Å². The molecule has 0 unspecified atom stereocenters. The molecular weight excluding hydrogens is 542 g/mol. The first-order valence-corrected chi connectivity index (χ1v) is 15.1. The number of carbonyl (C=O) groups excluding carboxylic acids is 3. The monoisotopic (exact) mass is 581 g/mol. The van der Waals surface area contributed by atoms with E-state index in [0.717, 1.165) is 5.56 Å². The number of amides is 1. The highest BCUT2D eigenvalue weighted by Gasteiger charge is 2.74. The Morgan fingerprint density at radius 2 is 1.42 bits per heavy atom. The lowest BCUT2D eigenvalue weighted by Gasteiger charge is -2.70. The molecule has 4 aliphatic carbocycles. The van der Waals surface area contributed by atoms with E-state index in [-0.39, 0.29) is 36.4 Å². The zero-order valence-corrected chi connectivity index (χ0v) is 25.2. The zero-order chi connectivity index (χ0) is 30.4. The van der Waals surface area contributed by atoms with E-state index in [1.807, 2.05) is 61.5 Å². The largest absolute Gasteiger partial charge is 0.457 e. The minimum atomic E-state index is -1.02. The number of esters is 2. The number of hydrogen-bond donors (Lipinski definition) is 1. The van der Waals surface area contributed by atoms with Crippen molar-refractivity contribution in [3.63, 3.8) is 0 Å². The van der Waals surface area contributed by atoms with Crippen LogP contribution in [0.15, 0.2) is 78.9 Å². The Morgan fingerprint density at radius 3 is 2.00 bits per heavy atom. The predicted octanol–water partition coefficient (Wildman–Crippen LogP) is 6.58. The first-order valence-electron chi connectivity index (χ1n) is 15.1. The van der Waals surface area contributed by atoms with Gasteiger partial charge in [-0.1, -0.05) is 78.9 Å². The highest BCUT2D eigenvalue weighted by molar-refractivity contribution is 5.85. The van der Waals surface area contributed by atoms with Crippen LogP contribution in [0.4, 0.5) is 4.79 Å². The summed E-state index contributed by atoms with van der Waals surface area (Å²) in [6.07, 6.45) is 0.601. The second kappa shape index (κ2) is 10.9. The summed E-state index contributed by atoms with van der Waals surface area (Å²) in [5.41, 5.74) is 4.11. The topological polar surface area (TPSA) is 90.9 Å². The molecule has 3 aromatic rings. The maximum absolute atomic E-state index is 13.4. The summed E-state index contributed by atoms with van der Waals surface area (Å²) in [4.78, 5) is 39.2. The summed E-state index contributed by atoms with van der Waals surface area (Å²) in [6, 6.07) is 25.8. The maximum atomic E-state index is 13.4. The van der Waals surface area contributed by atoms with Gasteiger partial charge in [0.15, 0.2) is 0 Å². The second-order valence-electron chi connectivity index (χ2n) is 13.5. The van der Waals surface area contributed by atoms with Gasteiger partial charge in [0.05, 0.1) is 5.41 Å². The Kier molecular flexibility index (Phi) is 7.31. The number of fused-ring (bicyclic) bond motifs is 3. The van der Waals surface area contributed by atoms with Crippen molar-refractivity contribution in [3.8, 4) is 11.1 Å². The van der Waals surface area contributed by atoms with Crippen molar-refractivity contribution in [3.05, 3.63) is 95.6 Å². The highest BCUT2D eigenvalue weighted by atomic mass is 16.6. The summed E-state index contributed by atoms with van der Waals surface area (Å²) in [7, 11) is 0. The van der Waals surface area contributed by atoms with Crippen LogP contribution in [-0.4, -0.2) is 42.4 Å². The van der Waals surface area contributed by atoms with Gasteiger partial charge in [0, 0.05) is 18.4 Å². The molecule has 0 heterocycles. The van der Waals surface area contributed by atoms with Crippen LogP contribution in [0.2, 0.25) is 0 Å². The van der Waals surface area contributed by atoms with Crippen LogP contribution >= 0.6 is 0 Å². The number of hydrogen-bond acceptors (Lipinski definition) is 6. The molecule has 2 atom stereocenters. The number of rotatable bonds is 9. The van der Waals surface area contributed by atoms with Crippen molar-refractivity contribution in [1.82, 2.24) is 5.32 Å². The molecule has 1 N–H and O–H groups in total. The molecule has 4 aliphatic rings. The number of alkyl carbamates (subject to hydrolysis) is 1. The quantitative estimate of drug-likeness (QED) is 0.227. The van der Waals surface area contributed by atoms with Crippen molar-refractivity contribution >= 4 is 18.0 Å². The van der Waals surface area contributed by atoms with Crippen molar-refractivity contribution in [2.24, 2.45) is 10.8 Å². The molecule has 0 saturated heterocycles. The van der Waals surface area contributed by atoms with Gasteiger partial charge in [-0.25, -0.2) is 9.59 Å². The first kappa shape index (κ1) is 29.0. The molecule has 3 saturated carbocycles. The van der Waals surface area contributed by atoms with E-state index in [0.29, 0.717) is 19.3 Å². The van der Waals surface area contributed by atoms with E-state index < -0.39 is 29.2 Å². The lowest BCUT2D eigenvalue weighted by Crippen LogP contribution is -2.72. The standard InChI is InChI=1S/C36H39NO6/c1-23(37-33(40)41-19-29-27-16-10-8-14-25(27)26-15-9-11-17-28(26)29)35-20-36(21-35,22-35)32(39)42-30(31(38)43-34(2,3)4)18-24-12-6-5-7-13-24/h5-17,23,29-30H,18-22H2,1-4H3,(H,37,40)/t23-,30+,35?,36?/m1/s1. The third-order valence-corrected chi connectivity index (χ3v) is 9.28. The van der Waals surface area contributed by atoms with Gasteiger partial charge in [-0.15, -0.1) is 0 Å². The molecule has 1 amide bonds. The third-order valence-electron chi connectivity index (χ3n) is 9.28. The molecule has 43 heavy (non-hydrogen) atoms. The number of nitrogens with one attached hydrogen (secondary N) is 1. The van der Waals surface area contributed by atoms with Crippen LogP contribution in [0.3, 0.4) is 0 Å². The van der Waals surface area contributed by atoms with Gasteiger partial charge >= 0.3 is 18.0 Å². The fraction of sp³-hybridized carbons (Fsp3) is 0.417. The van der Waals surface area contributed by atoms with Gasteiger partial charge in [0.1, 0.15) is 12.2 Å². The van der Waals surface area contributed by atoms with Crippen LogP contribution in [0.5, 0.6) is 0 Å².